The molecule has 0 saturated carbocycles. The van der Waals surface area contributed by atoms with Crippen molar-refractivity contribution in [3.8, 4) is 0 Å². The Hall–Kier alpha value is -1.92. The molecule has 0 bridgehead atoms. The second-order valence-corrected chi connectivity index (χ2v) is 6.21. The number of nitrogens with zero attached hydrogens (tertiary/aromatic N) is 1. The number of carbonyl (C=O) groups excluding carboxylic acids is 2. The number of hydrogen-bond donors (Lipinski definition) is 3. The van der Waals surface area contributed by atoms with Crippen LogP contribution in [-0.2, 0) is 16.0 Å². The Labute approximate surface area is 135 Å². The Bertz CT molecular complexity index is 590. The third kappa shape index (κ3) is 3.71. The van der Waals surface area contributed by atoms with Gasteiger partial charge in [-0.3, -0.25) is 9.59 Å². The van der Waals surface area contributed by atoms with Crippen molar-refractivity contribution in [3.05, 3.63) is 29.8 Å². The quantitative estimate of drug-likeness (QED) is 0.717. The summed E-state index contributed by atoms with van der Waals surface area (Å²) < 4.78 is 0. The standard InChI is InChI=1S/C17H23N3O3/c21-15-11-18-9-13(15)10-19-16(22)7-8-20-14-4-2-1-3-12(14)5-6-17(20)23/h1-4,13,15,18,21H,5-11H2,(H,19,22). The summed E-state index contributed by atoms with van der Waals surface area (Å²) >= 11 is 0. The number of aliphatic hydroxyl groups excluding tert-OH is 1. The number of para-hydroxylation sites is 1. The highest BCUT2D eigenvalue weighted by molar-refractivity contribution is 5.96. The van der Waals surface area contributed by atoms with Crippen LogP contribution in [0.1, 0.15) is 18.4 Å². The van der Waals surface area contributed by atoms with Crippen LogP contribution in [0.3, 0.4) is 0 Å². The summed E-state index contributed by atoms with van der Waals surface area (Å²) in [5.74, 6) is 0.0585. The molecule has 1 aromatic rings. The first-order valence-corrected chi connectivity index (χ1v) is 8.19. The second kappa shape index (κ2) is 7.10. The second-order valence-electron chi connectivity index (χ2n) is 6.21. The molecule has 2 unspecified atom stereocenters. The van der Waals surface area contributed by atoms with Crippen molar-refractivity contribution in [1.29, 1.82) is 0 Å². The van der Waals surface area contributed by atoms with Crippen LogP contribution in [0.5, 0.6) is 0 Å². The third-order valence-corrected chi connectivity index (χ3v) is 4.62. The zero-order valence-electron chi connectivity index (χ0n) is 13.1. The molecule has 0 spiro atoms. The van der Waals surface area contributed by atoms with Crippen molar-refractivity contribution in [3.63, 3.8) is 0 Å². The van der Waals surface area contributed by atoms with E-state index in [2.05, 4.69) is 10.6 Å². The largest absolute Gasteiger partial charge is 0.391 e. The molecular formula is C17H23N3O3. The van der Waals surface area contributed by atoms with Crippen LogP contribution in [0.2, 0.25) is 0 Å². The first-order valence-electron chi connectivity index (χ1n) is 8.19. The zero-order chi connectivity index (χ0) is 16.2. The summed E-state index contributed by atoms with van der Waals surface area (Å²) in [6.45, 7) is 2.17. The Balaban J connectivity index is 1.51. The van der Waals surface area contributed by atoms with E-state index >= 15 is 0 Å². The van der Waals surface area contributed by atoms with E-state index < -0.39 is 6.10 Å². The monoisotopic (exact) mass is 317 g/mol. The van der Waals surface area contributed by atoms with E-state index in [1.807, 2.05) is 24.3 Å². The number of hydrogen-bond acceptors (Lipinski definition) is 4. The molecular weight excluding hydrogens is 294 g/mol. The Morgan fingerprint density at radius 2 is 2.13 bits per heavy atom. The zero-order valence-corrected chi connectivity index (χ0v) is 13.1. The lowest BCUT2D eigenvalue weighted by atomic mass is 10.0. The lowest BCUT2D eigenvalue weighted by Gasteiger charge is -2.29. The fourth-order valence-corrected chi connectivity index (χ4v) is 3.22. The molecule has 2 atom stereocenters. The molecule has 2 aliphatic heterocycles. The lowest BCUT2D eigenvalue weighted by Crippen LogP contribution is -2.39. The number of amides is 2. The first-order chi connectivity index (χ1) is 11.1. The summed E-state index contributed by atoms with van der Waals surface area (Å²) in [6.07, 6.45) is 1.14. The van der Waals surface area contributed by atoms with Gasteiger partial charge in [-0.2, -0.15) is 0 Å². The molecule has 23 heavy (non-hydrogen) atoms. The van der Waals surface area contributed by atoms with E-state index in [0.29, 0.717) is 26.1 Å². The van der Waals surface area contributed by atoms with E-state index in [0.717, 1.165) is 24.2 Å². The molecule has 0 aliphatic carbocycles. The van der Waals surface area contributed by atoms with Crippen LogP contribution in [0, 0.1) is 5.92 Å². The van der Waals surface area contributed by atoms with Crippen molar-refractivity contribution in [1.82, 2.24) is 10.6 Å². The number of carbonyl (C=O) groups is 2. The number of β-amino-alcohol motifs (C(OH)–C–C–N with tert-alkyl or cyclic N) is 1. The highest BCUT2D eigenvalue weighted by Gasteiger charge is 2.26. The number of aliphatic hydroxyl groups is 1. The maximum atomic E-state index is 12.1. The van der Waals surface area contributed by atoms with E-state index in [1.54, 1.807) is 4.90 Å². The highest BCUT2D eigenvalue weighted by Crippen LogP contribution is 2.27. The predicted molar refractivity (Wildman–Crippen MR) is 87.1 cm³/mol. The van der Waals surface area contributed by atoms with Gasteiger partial charge in [0, 0.05) is 50.6 Å². The molecule has 2 amide bonds. The molecule has 6 nitrogen and oxygen atoms in total. The molecule has 1 saturated heterocycles. The van der Waals surface area contributed by atoms with E-state index in [-0.39, 0.29) is 24.2 Å². The van der Waals surface area contributed by atoms with E-state index in [1.165, 1.54) is 0 Å². The number of rotatable bonds is 5. The van der Waals surface area contributed by atoms with Gasteiger partial charge in [0.1, 0.15) is 0 Å². The maximum Gasteiger partial charge on any atom is 0.227 e. The van der Waals surface area contributed by atoms with Gasteiger partial charge in [-0.15, -0.1) is 0 Å². The van der Waals surface area contributed by atoms with Crippen molar-refractivity contribution in [2.24, 2.45) is 5.92 Å². The van der Waals surface area contributed by atoms with Crippen LogP contribution >= 0.6 is 0 Å². The van der Waals surface area contributed by atoms with Crippen LogP contribution < -0.4 is 15.5 Å². The van der Waals surface area contributed by atoms with Gasteiger partial charge >= 0.3 is 0 Å². The van der Waals surface area contributed by atoms with Crippen molar-refractivity contribution in [2.75, 3.05) is 31.1 Å². The van der Waals surface area contributed by atoms with Crippen molar-refractivity contribution >= 4 is 17.5 Å². The minimum atomic E-state index is -0.397. The van der Waals surface area contributed by atoms with Gasteiger partial charge in [-0.25, -0.2) is 0 Å². The number of aryl methyl sites for hydroxylation is 1. The number of benzene rings is 1. The van der Waals surface area contributed by atoms with E-state index in [4.69, 9.17) is 0 Å². The van der Waals surface area contributed by atoms with Crippen LogP contribution in [0.4, 0.5) is 5.69 Å². The molecule has 2 aliphatic rings. The Kier molecular flexibility index (Phi) is 4.93. The van der Waals surface area contributed by atoms with Gasteiger partial charge in [-0.05, 0) is 18.1 Å². The van der Waals surface area contributed by atoms with Crippen LogP contribution in [-0.4, -0.2) is 49.2 Å². The fourth-order valence-electron chi connectivity index (χ4n) is 3.22. The lowest BCUT2D eigenvalue weighted by molar-refractivity contribution is -0.121. The molecule has 0 aromatic heterocycles. The smallest absolute Gasteiger partial charge is 0.227 e. The number of nitrogens with one attached hydrogen (secondary N) is 2. The topological polar surface area (TPSA) is 81.7 Å². The normalized spacial score (nSPS) is 23.7. The third-order valence-electron chi connectivity index (χ3n) is 4.62. The van der Waals surface area contributed by atoms with Gasteiger partial charge in [0.15, 0.2) is 0 Å². The van der Waals surface area contributed by atoms with Crippen molar-refractivity contribution in [2.45, 2.75) is 25.4 Å². The predicted octanol–water partition coefficient (Wildman–Crippen LogP) is 0.0524. The molecule has 3 N–H and O–H groups in total. The molecule has 1 aromatic carbocycles. The Morgan fingerprint density at radius 1 is 1.30 bits per heavy atom. The van der Waals surface area contributed by atoms with Gasteiger partial charge in [0.2, 0.25) is 11.8 Å². The molecule has 1 fully saturated rings. The fraction of sp³-hybridized carbons (Fsp3) is 0.529. The summed E-state index contributed by atoms with van der Waals surface area (Å²) in [4.78, 5) is 25.9. The van der Waals surface area contributed by atoms with Crippen LogP contribution in [0.15, 0.2) is 24.3 Å². The van der Waals surface area contributed by atoms with Crippen molar-refractivity contribution < 1.29 is 14.7 Å². The van der Waals surface area contributed by atoms with E-state index in [9.17, 15) is 14.7 Å². The summed E-state index contributed by atoms with van der Waals surface area (Å²) in [5.41, 5.74) is 2.08. The minimum absolute atomic E-state index is 0.0660. The Morgan fingerprint density at radius 3 is 2.91 bits per heavy atom. The average Bonchev–Trinajstić information content (AvgIpc) is 2.97. The SMILES string of the molecule is O=C(CCN1C(=O)CCc2ccccc21)NCC1CNCC1O. The number of anilines is 1. The molecule has 3 rings (SSSR count). The van der Waals surface area contributed by atoms with Crippen LogP contribution in [0.25, 0.3) is 0 Å². The van der Waals surface area contributed by atoms with Gasteiger partial charge in [-0.1, -0.05) is 18.2 Å². The highest BCUT2D eigenvalue weighted by atomic mass is 16.3. The maximum absolute atomic E-state index is 12.1. The van der Waals surface area contributed by atoms with Gasteiger partial charge in [0.25, 0.3) is 0 Å². The van der Waals surface area contributed by atoms with Gasteiger partial charge < -0.3 is 20.6 Å². The molecule has 6 heteroatoms. The summed E-state index contributed by atoms with van der Waals surface area (Å²) in [5, 5.41) is 15.7. The average molecular weight is 317 g/mol. The summed E-state index contributed by atoms with van der Waals surface area (Å²) in [7, 11) is 0. The summed E-state index contributed by atoms with van der Waals surface area (Å²) in [6, 6.07) is 7.85. The molecule has 124 valence electrons. The number of fused-ring (bicyclic) bond motifs is 1. The van der Waals surface area contributed by atoms with Gasteiger partial charge in [0.05, 0.1) is 6.10 Å². The molecule has 2 heterocycles. The molecule has 0 radical (unpaired) electrons. The minimum Gasteiger partial charge on any atom is -0.391 e. The first kappa shape index (κ1) is 16.0.